The minimum atomic E-state index is -4.83. The molecule has 2 nitrogen and oxygen atoms in total. The van der Waals surface area contributed by atoms with Crippen LogP contribution in [0.15, 0.2) is 60.7 Å². The van der Waals surface area contributed by atoms with Crippen molar-refractivity contribution in [3.63, 3.8) is 0 Å². The van der Waals surface area contributed by atoms with Gasteiger partial charge in [0.1, 0.15) is 11.5 Å². The Labute approximate surface area is 222 Å². The largest absolute Gasteiger partial charge is 0.573 e. The van der Waals surface area contributed by atoms with Crippen molar-refractivity contribution in [3.05, 3.63) is 71.8 Å². The number of ether oxygens (including phenoxy) is 2. The lowest BCUT2D eigenvalue weighted by atomic mass is 9.77. The van der Waals surface area contributed by atoms with E-state index < -0.39 is 24.1 Å². The van der Waals surface area contributed by atoms with Crippen molar-refractivity contribution < 1.29 is 31.4 Å². The summed E-state index contributed by atoms with van der Waals surface area (Å²) in [6.07, 6.45) is 5.35. The smallest absolute Gasteiger partial charge is 0.432 e. The molecule has 0 bridgehead atoms. The molecule has 0 aliphatic heterocycles. The van der Waals surface area contributed by atoms with Crippen LogP contribution in [0.4, 0.5) is 22.0 Å². The van der Waals surface area contributed by atoms with Crippen molar-refractivity contribution in [1.29, 1.82) is 0 Å². The molecule has 208 valence electrons. The molecule has 0 saturated heterocycles. The predicted molar refractivity (Wildman–Crippen MR) is 138 cm³/mol. The lowest BCUT2D eigenvalue weighted by Gasteiger charge is -2.32. The Hall–Kier alpha value is -2.57. The van der Waals surface area contributed by atoms with Crippen LogP contribution in [-0.2, 0) is 6.42 Å². The molecule has 2 aromatic carbocycles. The third-order valence-corrected chi connectivity index (χ3v) is 7.98. The van der Waals surface area contributed by atoms with E-state index in [0.717, 1.165) is 49.9 Å². The summed E-state index contributed by atoms with van der Waals surface area (Å²) in [6.45, 7) is 2.20. The van der Waals surface area contributed by atoms with Crippen LogP contribution < -0.4 is 9.47 Å². The highest BCUT2D eigenvalue weighted by Crippen LogP contribution is 2.42. The van der Waals surface area contributed by atoms with Gasteiger partial charge in [-0.05, 0) is 111 Å². The third-order valence-electron chi connectivity index (χ3n) is 7.98. The molecule has 2 aromatic rings. The first-order valence-electron chi connectivity index (χ1n) is 13.8. The van der Waals surface area contributed by atoms with E-state index in [1.807, 2.05) is 0 Å². The summed E-state index contributed by atoms with van der Waals surface area (Å²) in [4.78, 5) is 0. The van der Waals surface area contributed by atoms with Gasteiger partial charge in [-0.25, -0.2) is 0 Å². The number of allylic oxidation sites excluding steroid dienone is 2. The topological polar surface area (TPSA) is 18.5 Å². The predicted octanol–water partition coefficient (Wildman–Crippen LogP) is 9.85. The number of hydrogen-bond donors (Lipinski definition) is 0. The quantitative estimate of drug-likeness (QED) is 0.235. The van der Waals surface area contributed by atoms with Crippen LogP contribution >= 0.6 is 0 Å². The van der Waals surface area contributed by atoms with Crippen molar-refractivity contribution in [2.45, 2.75) is 89.5 Å². The molecule has 0 heterocycles. The van der Waals surface area contributed by atoms with Crippen LogP contribution in [0.5, 0.6) is 11.5 Å². The molecule has 0 spiro atoms. The second kappa shape index (κ2) is 12.5. The van der Waals surface area contributed by atoms with Gasteiger partial charge in [-0.1, -0.05) is 49.8 Å². The van der Waals surface area contributed by atoms with Gasteiger partial charge in [0.05, 0.1) is 5.92 Å². The summed E-state index contributed by atoms with van der Waals surface area (Å²) in [5, 5.41) is 0. The second-order valence-corrected chi connectivity index (χ2v) is 10.8. The van der Waals surface area contributed by atoms with Crippen LogP contribution in [0.1, 0.15) is 81.8 Å². The molecule has 2 fully saturated rings. The number of benzene rings is 2. The molecule has 0 N–H and O–H groups in total. The summed E-state index contributed by atoms with van der Waals surface area (Å²) >= 11 is 0. The summed E-state index contributed by atoms with van der Waals surface area (Å²) in [7, 11) is 0. The van der Waals surface area contributed by atoms with Gasteiger partial charge in [-0.3, -0.25) is 0 Å². The van der Waals surface area contributed by atoms with Crippen LogP contribution in [0.3, 0.4) is 0 Å². The van der Waals surface area contributed by atoms with Gasteiger partial charge >= 0.3 is 12.5 Å². The molecule has 0 atom stereocenters. The van der Waals surface area contributed by atoms with Crippen LogP contribution in [0.2, 0.25) is 0 Å². The first-order chi connectivity index (χ1) is 18.1. The SMILES string of the molecule is CCCc1ccc(C2CCC(/C=C/C3CCC(C(F)(F)Oc4ccc(OC(F)(F)F)cc4)CC3)CC2)cc1. The first-order valence-corrected chi connectivity index (χ1v) is 13.8. The Morgan fingerprint density at radius 2 is 1.18 bits per heavy atom. The zero-order chi connectivity index (χ0) is 27.2. The maximum absolute atomic E-state index is 14.8. The van der Waals surface area contributed by atoms with Crippen LogP contribution in [-0.4, -0.2) is 12.5 Å². The van der Waals surface area contributed by atoms with E-state index in [2.05, 4.69) is 48.1 Å². The molecule has 0 radical (unpaired) electrons. The Bertz CT molecular complexity index is 1010. The van der Waals surface area contributed by atoms with E-state index in [-0.39, 0.29) is 5.75 Å². The Morgan fingerprint density at radius 3 is 1.68 bits per heavy atom. The highest BCUT2D eigenvalue weighted by atomic mass is 19.4. The molecule has 38 heavy (non-hydrogen) atoms. The molecule has 7 heteroatoms. The Kier molecular flexibility index (Phi) is 9.37. The molecule has 2 aliphatic rings. The minimum absolute atomic E-state index is 0.181. The summed E-state index contributed by atoms with van der Waals surface area (Å²) < 4.78 is 75.0. The van der Waals surface area contributed by atoms with Crippen molar-refractivity contribution in [1.82, 2.24) is 0 Å². The van der Waals surface area contributed by atoms with Gasteiger partial charge in [0, 0.05) is 0 Å². The summed E-state index contributed by atoms with van der Waals surface area (Å²) in [5.41, 5.74) is 2.85. The van der Waals surface area contributed by atoms with Crippen molar-refractivity contribution in [2.75, 3.05) is 0 Å². The highest BCUT2D eigenvalue weighted by Gasteiger charge is 2.43. The Balaban J connectivity index is 1.20. The third kappa shape index (κ3) is 8.21. The normalized spacial score (nSPS) is 24.9. The number of rotatable bonds is 9. The Morgan fingerprint density at radius 1 is 0.684 bits per heavy atom. The summed E-state index contributed by atoms with van der Waals surface area (Å²) in [5.74, 6) is -0.102. The van der Waals surface area contributed by atoms with Crippen molar-refractivity contribution >= 4 is 0 Å². The zero-order valence-corrected chi connectivity index (χ0v) is 21.9. The fraction of sp³-hybridized carbons (Fsp3) is 0.548. The molecule has 0 aromatic heterocycles. The maximum Gasteiger partial charge on any atom is 0.573 e. The van der Waals surface area contributed by atoms with Gasteiger partial charge in [0.2, 0.25) is 0 Å². The average molecular weight is 537 g/mol. The lowest BCUT2D eigenvalue weighted by molar-refractivity contribution is -0.274. The second-order valence-electron chi connectivity index (χ2n) is 10.8. The maximum atomic E-state index is 14.8. The highest BCUT2D eigenvalue weighted by molar-refractivity contribution is 5.31. The number of alkyl halides is 5. The standard InChI is InChI=1S/C31H37F5O2/c1-2-3-22-6-12-25(13-7-22)26-14-8-23(9-15-26)4-5-24-10-16-27(17-11-24)30(32,33)37-28-18-20-29(21-19-28)38-31(34,35)36/h4-7,12-13,18-21,23-24,26-27H,2-3,8-11,14-17H2,1H3/b5-4+. The van der Waals surface area contributed by atoms with E-state index in [1.54, 1.807) is 0 Å². The van der Waals surface area contributed by atoms with E-state index in [4.69, 9.17) is 4.74 Å². The van der Waals surface area contributed by atoms with Gasteiger partial charge in [-0.15, -0.1) is 13.2 Å². The molecule has 2 aliphatic carbocycles. The zero-order valence-electron chi connectivity index (χ0n) is 21.9. The number of aryl methyl sites for hydroxylation is 1. The van der Waals surface area contributed by atoms with E-state index in [0.29, 0.717) is 43.4 Å². The van der Waals surface area contributed by atoms with Crippen molar-refractivity contribution in [3.8, 4) is 11.5 Å². The van der Waals surface area contributed by atoms with Gasteiger partial charge < -0.3 is 9.47 Å². The van der Waals surface area contributed by atoms with E-state index >= 15 is 0 Å². The fourth-order valence-electron chi connectivity index (χ4n) is 5.80. The molecule has 2 saturated carbocycles. The average Bonchev–Trinajstić information content (AvgIpc) is 2.89. The summed E-state index contributed by atoms with van der Waals surface area (Å²) in [6, 6.07) is 13.2. The molecule has 0 unspecified atom stereocenters. The van der Waals surface area contributed by atoms with Crippen LogP contribution in [0, 0.1) is 17.8 Å². The minimum Gasteiger partial charge on any atom is -0.432 e. The lowest BCUT2D eigenvalue weighted by Crippen LogP contribution is -2.37. The number of halogens is 5. The molecule has 0 amide bonds. The molecular formula is C31H37F5O2. The van der Waals surface area contributed by atoms with Crippen LogP contribution in [0.25, 0.3) is 0 Å². The van der Waals surface area contributed by atoms with Gasteiger partial charge in [0.15, 0.2) is 0 Å². The fourth-order valence-corrected chi connectivity index (χ4v) is 5.80. The first kappa shape index (κ1) is 28.4. The van der Waals surface area contributed by atoms with Crippen molar-refractivity contribution in [2.24, 2.45) is 17.8 Å². The van der Waals surface area contributed by atoms with Gasteiger partial charge in [0.25, 0.3) is 0 Å². The number of hydrogen-bond acceptors (Lipinski definition) is 2. The van der Waals surface area contributed by atoms with E-state index in [9.17, 15) is 22.0 Å². The molecular weight excluding hydrogens is 499 g/mol. The monoisotopic (exact) mass is 536 g/mol. The van der Waals surface area contributed by atoms with E-state index in [1.165, 1.54) is 24.0 Å². The molecule has 4 rings (SSSR count). The van der Waals surface area contributed by atoms with Gasteiger partial charge in [-0.2, -0.15) is 8.78 Å².